The number of nitrogens with zero attached hydrogens (tertiary/aromatic N) is 1. The summed E-state index contributed by atoms with van der Waals surface area (Å²) in [4.78, 5) is 2.05. The zero-order chi connectivity index (χ0) is 12.5. The minimum absolute atomic E-state index is 0.591. The lowest BCUT2D eigenvalue weighted by Gasteiger charge is -2.30. The minimum Gasteiger partial charge on any atom is -0.378 e. The highest BCUT2D eigenvalue weighted by Crippen LogP contribution is 2.32. The molecule has 1 aromatic rings. The van der Waals surface area contributed by atoms with Crippen molar-refractivity contribution in [1.29, 1.82) is 0 Å². The molecule has 0 unspecified atom stereocenters. The zero-order valence-corrected chi connectivity index (χ0v) is 9.55. The SMILES string of the molecule is Cc1cc(C(F)(F)F)ccc1N1CCOCC1. The van der Waals surface area contributed by atoms with Crippen molar-refractivity contribution in [2.24, 2.45) is 0 Å². The number of anilines is 1. The van der Waals surface area contributed by atoms with Crippen LogP contribution in [0.15, 0.2) is 18.2 Å². The summed E-state index contributed by atoms with van der Waals surface area (Å²) in [7, 11) is 0. The second-order valence-corrected chi connectivity index (χ2v) is 4.10. The number of ether oxygens (including phenoxy) is 1. The molecule has 94 valence electrons. The van der Waals surface area contributed by atoms with Crippen LogP contribution in [0.1, 0.15) is 11.1 Å². The van der Waals surface area contributed by atoms with E-state index in [4.69, 9.17) is 4.74 Å². The van der Waals surface area contributed by atoms with Gasteiger partial charge in [-0.15, -0.1) is 0 Å². The van der Waals surface area contributed by atoms with Gasteiger partial charge in [-0.2, -0.15) is 13.2 Å². The van der Waals surface area contributed by atoms with Crippen LogP contribution in [-0.4, -0.2) is 26.3 Å². The van der Waals surface area contributed by atoms with Gasteiger partial charge >= 0.3 is 6.18 Å². The molecule has 5 heteroatoms. The third-order valence-corrected chi connectivity index (χ3v) is 2.88. The second kappa shape index (κ2) is 4.56. The summed E-state index contributed by atoms with van der Waals surface area (Å²) in [5.41, 5.74) is 0.926. The summed E-state index contributed by atoms with van der Waals surface area (Å²) >= 11 is 0. The maximum atomic E-state index is 12.5. The Bertz CT molecular complexity index is 397. The van der Waals surface area contributed by atoms with Gasteiger partial charge in [0.05, 0.1) is 18.8 Å². The third kappa shape index (κ3) is 2.72. The van der Waals surface area contributed by atoms with E-state index in [1.807, 2.05) is 0 Å². The van der Waals surface area contributed by atoms with Gasteiger partial charge in [0.15, 0.2) is 0 Å². The number of halogens is 3. The molecule has 0 amide bonds. The first-order valence-electron chi connectivity index (χ1n) is 5.49. The third-order valence-electron chi connectivity index (χ3n) is 2.88. The Morgan fingerprint density at radius 3 is 2.35 bits per heavy atom. The lowest BCUT2D eigenvalue weighted by atomic mass is 10.1. The largest absolute Gasteiger partial charge is 0.416 e. The molecule has 0 spiro atoms. The van der Waals surface area contributed by atoms with E-state index in [1.54, 1.807) is 13.0 Å². The van der Waals surface area contributed by atoms with E-state index < -0.39 is 11.7 Å². The summed E-state index contributed by atoms with van der Waals surface area (Å²) < 4.78 is 42.7. The first-order chi connectivity index (χ1) is 7.98. The molecule has 0 radical (unpaired) electrons. The van der Waals surface area contributed by atoms with E-state index in [-0.39, 0.29) is 0 Å². The normalized spacial score (nSPS) is 17.3. The lowest BCUT2D eigenvalue weighted by molar-refractivity contribution is -0.137. The highest BCUT2D eigenvalue weighted by molar-refractivity contribution is 5.55. The summed E-state index contributed by atoms with van der Waals surface area (Å²) in [6, 6.07) is 3.88. The fourth-order valence-corrected chi connectivity index (χ4v) is 1.99. The van der Waals surface area contributed by atoms with Gasteiger partial charge in [0, 0.05) is 18.8 Å². The molecule has 1 aliphatic rings. The summed E-state index contributed by atoms with van der Waals surface area (Å²) in [6.07, 6.45) is -4.27. The van der Waals surface area contributed by atoms with E-state index in [2.05, 4.69) is 4.90 Å². The van der Waals surface area contributed by atoms with Gasteiger partial charge in [0.2, 0.25) is 0 Å². The van der Waals surface area contributed by atoms with E-state index in [9.17, 15) is 13.2 Å². The molecule has 0 N–H and O–H groups in total. The molecule has 1 saturated heterocycles. The fourth-order valence-electron chi connectivity index (χ4n) is 1.99. The number of hydrogen-bond donors (Lipinski definition) is 0. The van der Waals surface area contributed by atoms with Crippen LogP contribution in [0.3, 0.4) is 0 Å². The average molecular weight is 245 g/mol. The van der Waals surface area contributed by atoms with Gasteiger partial charge in [-0.05, 0) is 30.7 Å². The molecular formula is C12H14F3NO. The van der Waals surface area contributed by atoms with E-state index in [0.717, 1.165) is 24.8 Å². The van der Waals surface area contributed by atoms with Crippen molar-refractivity contribution in [1.82, 2.24) is 0 Å². The Morgan fingerprint density at radius 2 is 1.82 bits per heavy atom. The van der Waals surface area contributed by atoms with Crippen molar-refractivity contribution >= 4 is 5.69 Å². The topological polar surface area (TPSA) is 12.5 Å². The molecule has 1 heterocycles. The lowest BCUT2D eigenvalue weighted by Crippen LogP contribution is -2.36. The van der Waals surface area contributed by atoms with Crippen molar-refractivity contribution in [3.05, 3.63) is 29.3 Å². The first-order valence-corrected chi connectivity index (χ1v) is 5.49. The van der Waals surface area contributed by atoms with Crippen molar-refractivity contribution in [3.8, 4) is 0 Å². The number of aryl methyl sites for hydroxylation is 1. The quantitative estimate of drug-likeness (QED) is 0.754. The monoisotopic (exact) mass is 245 g/mol. The predicted octanol–water partition coefficient (Wildman–Crippen LogP) is 2.85. The van der Waals surface area contributed by atoms with Crippen molar-refractivity contribution in [3.63, 3.8) is 0 Å². The van der Waals surface area contributed by atoms with Crippen LogP contribution in [0.25, 0.3) is 0 Å². The van der Waals surface area contributed by atoms with Crippen LogP contribution in [0.5, 0.6) is 0 Å². The van der Waals surface area contributed by atoms with Crippen molar-refractivity contribution in [2.45, 2.75) is 13.1 Å². The molecule has 0 bridgehead atoms. The van der Waals surface area contributed by atoms with Crippen molar-refractivity contribution in [2.75, 3.05) is 31.2 Å². The Kier molecular flexibility index (Phi) is 3.28. The predicted molar refractivity (Wildman–Crippen MR) is 59.2 cm³/mol. The molecule has 0 aliphatic carbocycles. The van der Waals surface area contributed by atoms with Crippen LogP contribution < -0.4 is 4.90 Å². The van der Waals surface area contributed by atoms with Gasteiger partial charge in [-0.25, -0.2) is 0 Å². The number of morpholine rings is 1. The Hall–Kier alpha value is -1.23. The van der Waals surface area contributed by atoms with Crippen LogP contribution in [0, 0.1) is 6.92 Å². The van der Waals surface area contributed by atoms with Crippen LogP contribution in [0.2, 0.25) is 0 Å². The van der Waals surface area contributed by atoms with Crippen molar-refractivity contribution < 1.29 is 17.9 Å². The molecule has 0 atom stereocenters. The Balaban J connectivity index is 2.25. The zero-order valence-electron chi connectivity index (χ0n) is 9.55. The molecule has 1 fully saturated rings. The standard InChI is InChI=1S/C12H14F3NO/c1-9-8-10(12(13,14)15)2-3-11(9)16-4-6-17-7-5-16/h2-3,8H,4-7H2,1H3. The first kappa shape index (κ1) is 12.2. The summed E-state index contributed by atoms with van der Waals surface area (Å²) in [5.74, 6) is 0. The number of rotatable bonds is 1. The molecule has 2 nitrogen and oxygen atoms in total. The summed E-state index contributed by atoms with van der Waals surface area (Å²) in [6.45, 7) is 4.42. The number of alkyl halides is 3. The minimum atomic E-state index is -4.27. The van der Waals surface area contributed by atoms with E-state index in [0.29, 0.717) is 18.8 Å². The molecule has 1 aliphatic heterocycles. The van der Waals surface area contributed by atoms with E-state index in [1.165, 1.54) is 6.07 Å². The molecule has 1 aromatic carbocycles. The Labute approximate surface area is 98.0 Å². The molecule has 2 rings (SSSR count). The fraction of sp³-hybridized carbons (Fsp3) is 0.500. The molecule has 0 aromatic heterocycles. The maximum absolute atomic E-state index is 12.5. The number of hydrogen-bond acceptors (Lipinski definition) is 2. The van der Waals surface area contributed by atoms with Crippen LogP contribution >= 0.6 is 0 Å². The van der Waals surface area contributed by atoms with E-state index >= 15 is 0 Å². The van der Waals surface area contributed by atoms with Gasteiger partial charge in [0.1, 0.15) is 0 Å². The van der Waals surface area contributed by atoms with Gasteiger partial charge in [0.25, 0.3) is 0 Å². The molecule has 0 saturated carbocycles. The Morgan fingerprint density at radius 1 is 1.18 bits per heavy atom. The van der Waals surface area contributed by atoms with Gasteiger partial charge < -0.3 is 9.64 Å². The highest BCUT2D eigenvalue weighted by Gasteiger charge is 2.31. The number of benzene rings is 1. The smallest absolute Gasteiger partial charge is 0.378 e. The molecule has 17 heavy (non-hydrogen) atoms. The maximum Gasteiger partial charge on any atom is 0.416 e. The van der Waals surface area contributed by atoms with Crippen LogP contribution in [0.4, 0.5) is 18.9 Å². The van der Waals surface area contributed by atoms with Gasteiger partial charge in [-0.1, -0.05) is 0 Å². The summed E-state index contributed by atoms with van der Waals surface area (Å²) in [5, 5.41) is 0. The van der Waals surface area contributed by atoms with Crippen LogP contribution in [-0.2, 0) is 10.9 Å². The average Bonchev–Trinajstić information content (AvgIpc) is 2.29. The highest BCUT2D eigenvalue weighted by atomic mass is 19.4. The van der Waals surface area contributed by atoms with Gasteiger partial charge in [-0.3, -0.25) is 0 Å². The second-order valence-electron chi connectivity index (χ2n) is 4.10. The molecular weight excluding hydrogens is 231 g/mol.